The molecular formula is C28H35N3O4. The van der Waals surface area contributed by atoms with Crippen molar-refractivity contribution in [2.24, 2.45) is 17.6 Å². The zero-order valence-corrected chi connectivity index (χ0v) is 20.3. The molecule has 7 heteroatoms. The molecule has 2 aromatic carbocycles. The van der Waals surface area contributed by atoms with Crippen LogP contribution in [0.4, 0.5) is 0 Å². The van der Waals surface area contributed by atoms with Crippen molar-refractivity contribution in [3.63, 3.8) is 0 Å². The van der Waals surface area contributed by atoms with Crippen LogP contribution in [0.5, 0.6) is 5.75 Å². The summed E-state index contributed by atoms with van der Waals surface area (Å²) in [7, 11) is 0. The fourth-order valence-electron chi connectivity index (χ4n) is 4.99. The largest absolute Gasteiger partial charge is 0.491 e. The molecule has 2 atom stereocenters. The average Bonchev–Trinajstić information content (AvgIpc) is 3.22. The minimum absolute atomic E-state index is 0.00365. The molecule has 1 aliphatic heterocycles. The first-order chi connectivity index (χ1) is 16.9. The quantitative estimate of drug-likeness (QED) is 0.281. The molecule has 0 unspecified atom stereocenters. The summed E-state index contributed by atoms with van der Waals surface area (Å²) >= 11 is 0. The number of benzene rings is 2. The summed E-state index contributed by atoms with van der Waals surface area (Å²) in [6.45, 7) is 2.56. The monoisotopic (exact) mass is 477 g/mol. The Morgan fingerprint density at radius 1 is 1.03 bits per heavy atom. The van der Waals surface area contributed by atoms with Crippen molar-refractivity contribution in [3.05, 3.63) is 54.1 Å². The van der Waals surface area contributed by atoms with Crippen molar-refractivity contribution in [1.82, 2.24) is 5.32 Å². The number of esters is 1. The summed E-state index contributed by atoms with van der Waals surface area (Å²) < 4.78 is 11.6. The van der Waals surface area contributed by atoms with Gasteiger partial charge in [-0.05, 0) is 61.3 Å². The number of hydrogen-bond donors (Lipinski definition) is 3. The molecule has 1 aliphatic carbocycles. The normalized spacial score (nSPS) is 24.0. The van der Waals surface area contributed by atoms with Crippen LogP contribution >= 0.6 is 0 Å². The molecule has 1 saturated heterocycles. The molecule has 0 aromatic heterocycles. The lowest BCUT2D eigenvalue weighted by molar-refractivity contribution is -0.153. The Labute approximate surface area is 206 Å². The fraction of sp³-hybridized carbons (Fsp3) is 0.464. The Hall–Kier alpha value is -3.35. The standard InChI is InChI=1S/C28H35N3O4/c1-2-18-3-11-25(12-4-18)35-26(32)16-22-15-23(31-28(22)33)17-34-24-13-9-20(10-14-24)19-5-7-21(8-6-19)27(29)30/h5-10,13-14,18,22-23,25H,2-4,11-12,15-17H2,1H3,(H3,29,30)(H,31,33)/t18?,22-,23-,25?/m0/s1. The number of carbonyl (C=O) groups is 2. The molecule has 2 aromatic rings. The van der Waals surface area contributed by atoms with Crippen LogP contribution in [-0.4, -0.2) is 36.5 Å². The predicted molar refractivity (Wildman–Crippen MR) is 135 cm³/mol. The van der Waals surface area contributed by atoms with Crippen molar-refractivity contribution < 1.29 is 19.1 Å². The summed E-state index contributed by atoms with van der Waals surface area (Å²) in [5, 5.41) is 10.4. The highest BCUT2D eigenvalue weighted by molar-refractivity contribution is 5.95. The van der Waals surface area contributed by atoms with Crippen LogP contribution in [0.3, 0.4) is 0 Å². The van der Waals surface area contributed by atoms with Crippen LogP contribution in [0.2, 0.25) is 0 Å². The molecule has 0 radical (unpaired) electrons. The van der Waals surface area contributed by atoms with E-state index in [0.717, 1.165) is 42.7 Å². The number of ether oxygens (including phenoxy) is 2. The highest BCUT2D eigenvalue weighted by atomic mass is 16.5. The second-order valence-electron chi connectivity index (χ2n) is 9.71. The van der Waals surface area contributed by atoms with Crippen molar-refractivity contribution in [3.8, 4) is 16.9 Å². The van der Waals surface area contributed by atoms with Crippen LogP contribution < -0.4 is 15.8 Å². The SMILES string of the molecule is CCC1CCC(OC(=O)C[C@@H]2C[C@@H](COc3ccc(-c4ccc(C(=N)N)cc4)cc3)NC2=O)CC1. The minimum atomic E-state index is -0.358. The molecule has 1 saturated carbocycles. The van der Waals surface area contributed by atoms with Gasteiger partial charge in [0.1, 0.15) is 24.3 Å². The molecule has 186 valence electrons. The van der Waals surface area contributed by atoms with Crippen molar-refractivity contribution >= 4 is 17.7 Å². The molecule has 7 nitrogen and oxygen atoms in total. The third-order valence-corrected chi connectivity index (χ3v) is 7.20. The zero-order chi connectivity index (χ0) is 24.8. The number of nitrogens with one attached hydrogen (secondary N) is 2. The number of hydrogen-bond acceptors (Lipinski definition) is 5. The highest BCUT2D eigenvalue weighted by Gasteiger charge is 2.35. The van der Waals surface area contributed by atoms with Gasteiger partial charge >= 0.3 is 5.97 Å². The zero-order valence-electron chi connectivity index (χ0n) is 20.3. The molecular weight excluding hydrogens is 442 g/mol. The third kappa shape index (κ3) is 6.62. The summed E-state index contributed by atoms with van der Waals surface area (Å²) in [6.07, 6.45) is 5.98. The van der Waals surface area contributed by atoms with E-state index in [-0.39, 0.29) is 42.2 Å². The molecule has 0 spiro atoms. The number of amides is 1. The van der Waals surface area contributed by atoms with E-state index in [1.54, 1.807) is 0 Å². The van der Waals surface area contributed by atoms with Gasteiger partial charge in [-0.25, -0.2) is 0 Å². The lowest BCUT2D eigenvalue weighted by Crippen LogP contribution is -2.31. The van der Waals surface area contributed by atoms with Gasteiger partial charge in [-0.3, -0.25) is 15.0 Å². The summed E-state index contributed by atoms with van der Waals surface area (Å²) in [6, 6.07) is 15.1. The summed E-state index contributed by atoms with van der Waals surface area (Å²) in [5.41, 5.74) is 8.26. The van der Waals surface area contributed by atoms with Gasteiger partial charge in [0.2, 0.25) is 5.91 Å². The van der Waals surface area contributed by atoms with Crippen molar-refractivity contribution in [2.45, 2.75) is 64.0 Å². The second kappa shape index (κ2) is 11.4. The first-order valence-electron chi connectivity index (χ1n) is 12.6. The lowest BCUT2D eigenvalue weighted by atomic mass is 9.86. The third-order valence-electron chi connectivity index (χ3n) is 7.20. The van der Waals surface area contributed by atoms with Gasteiger partial charge in [0, 0.05) is 5.56 Å². The minimum Gasteiger partial charge on any atom is -0.491 e. The van der Waals surface area contributed by atoms with Crippen LogP contribution in [0.25, 0.3) is 11.1 Å². The van der Waals surface area contributed by atoms with E-state index in [4.69, 9.17) is 20.6 Å². The first kappa shape index (κ1) is 24.8. The van der Waals surface area contributed by atoms with Crippen LogP contribution in [-0.2, 0) is 14.3 Å². The highest BCUT2D eigenvalue weighted by Crippen LogP contribution is 2.29. The van der Waals surface area contributed by atoms with Crippen LogP contribution in [0.15, 0.2) is 48.5 Å². The van der Waals surface area contributed by atoms with Gasteiger partial charge in [0.05, 0.1) is 18.4 Å². The Kier molecular flexibility index (Phi) is 8.06. The summed E-state index contributed by atoms with van der Waals surface area (Å²) in [4.78, 5) is 24.8. The smallest absolute Gasteiger partial charge is 0.306 e. The van der Waals surface area contributed by atoms with Gasteiger partial charge < -0.3 is 20.5 Å². The van der Waals surface area contributed by atoms with Gasteiger partial charge in [0.15, 0.2) is 0 Å². The average molecular weight is 478 g/mol. The predicted octanol–water partition coefficient (Wildman–Crippen LogP) is 4.42. The molecule has 2 fully saturated rings. The van der Waals surface area contributed by atoms with E-state index in [9.17, 15) is 9.59 Å². The van der Waals surface area contributed by atoms with E-state index < -0.39 is 0 Å². The van der Waals surface area contributed by atoms with Crippen molar-refractivity contribution in [1.29, 1.82) is 5.41 Å². The maximum absolute atomic E-state index is 12.4. The van der Waals surface area contributed by atoms with Crippen molar-refractivity contribution in [2.75, 3.05) is 6.61 Å². The second-order valence-corrected chi connectivity index (χ2v) is 9.71. The molecule has 4 N–H and O–H groups in total. The maximum Gasteiger partial charge on any atom is 0.306 e. The Morgan fingerprint density at radius 2 is 1.66 bits per heavy atom. The molecule has 0 bridgehead atoms. The molecule has 1 amide bonds. The Balaban J connectivity index is 1.21. The first-order valence-corrected chi connectivity index (χ1v) is 12.6. The molecule has 2 aliphatic rings. The lowest BCUT2D eigenvalue weighted by Gasteiger charge is -2.27. The van der Waals surface area contributed by atoms with E-state index in [2.05, 4.69) is 12.2 Å². The number of nitrogen functional groups attached to an aromatic ring is 1. The van der Waals surface area contributed by atoms with E-state index in [0.29, 0.717) is 24.3 Å². The van der Waals surface area contributed by atoms with Crippen LogP contribution in [0.1, 0.15) is 57.4 Å². The van der Waals surface area contributed by atoms with Gasteiger partial charge in [-0.15, -0.1) is 0 Å². The van der Waals surface area contributed by atoms with Gasteiger partial charge in [-0.1, -0.05) is 49.7 Å². The molecule has 1 heterocycles. The number of rotatable bonds is 9. The number of carbonyl (C=O) groups excluding carboxylic acids is 2. The summed E-state index contributed by atoms with van der Waals surface area (Å²) in [5.74, 6) is 0.792. The van der Waals surface area contributed by atoms with E-state index in [1.165, 1.54) is 6.42 Å². The fourth-order valence-corrected chi connectivity index (χ4v) is 4.99. The Bertz CT molecular complexity index is 1030. The van der Waals surface area contributed by atoms with E-state index >= 15 is 0 Å². The number of amidine groups is 1. The Morgan fingerprint density at radius 3 is 2.26 bits per heavy atom. The maximum atomic E-state index is 12.4. The van der Waals surface area contributed by atoms with Crippen LogP contribution in [0, 0.1) is 17.2 Å². The van der Waals surface area contributed by atoms with Gasteiger partial charge in [0.25, 0.3) is 0 Å². The number of nitrogens with two attached hydrogens (primary N) is 1. The van der Waals surface area contributed by atoms with Gasteiger partial charge in [-0.2, -0.15) is 0 Å². The van der Waals surface area contributed by atoms with E-state index in [1.807, 2.05) is 48.5 Å². The topological polar surface area (TPSA) is 114 Å². The molecule has 35 heavy (non-hydrogen) atoms. The molecule has 4 rings (SSSR count).